The molecule has 192 valence electrons. The number of benzene rings is 2. The maximum atomic E-state index is 13.3. The zero-order chi connectivity index (χ0) is 26.0. The Kier molecular flexibility index (Phi) is 10.8. The molecule has 35 heavy (non-hydrogen) atoms. The number of nitrogens with one attached hydrogen (secondary N) is 1. The quantitative estimate of drug-likeness (QED) is 0.417. The predicted molar refractivity (Wildman–Crippen MR) is 142 cm³/mol. The molecule has 2 amide bonds. The number of aryl methyl sites for hydroxylation is 2. The van der Waals surface area contributed by atoms with Crippen LogP contribution in [0.3, 0.4) is 0 Å². The summed E-state index contributed by atoms with van der Waals surface area (Å²) in [5.41, 5.74) is 3.67. The lowest BCUT2D eigenvalue weighted by atomic mass is 10.1. The molecule has 1 atom stereocenters. The first-order valence-electron chi connectivity index (χ1n) is 12.2. The van der Waals surface area contributed by atoms with Crippen molar-refractivity contribution in [2.24, 2.45) is 0 Å². The third-order valence-electron chi connectivity index (χ3n) is 5.94. The maximum absolute atomic E-state index is 13.3. The molecule has 2 aromatic rings. The van der Waals surface area contributed by atoms with Crippen LogP contribution in [-0.4, -0.2) is 50.5 Å². The van der Waals surface area contributed by atoms with E-state index in [4.69, 9.17) is 0 Å². The Morgan fingerprint density at radius 3 is 2.06 bits per heavy atom. The van der Waals surface area contributed by atoms with Gasteiger partial charge in [-0.25, -0.2) is 8.42 Å². The number of anilines is 1. The molecule has 0 fully saturated rings. The van der Waals surface area contributed by atoms with Crippen LogP contribution in [0.25, 0.3) is 0 Å². The summed E-state index contributed by atoms with van der Waals surface area (Å²) in [6.45, 7) is 8.81. The van der Waals surface area contributed by atoms with E-state index in [1.54, 1.807) is 24.0 Å². The van der Waals surface area contributed by atoms with Crippen molar-refractivity contribution in [3.05, 3.63) is 65.2 Å². The Hall–Kier alpha value is -2.87. The molecule has 0 saturated heterocycles. The number of sulfonamides is 1. The summed E-state index contributed by atoms with van der Waals surface area (Å²) >= 11 is 0. The van der Waals surface area contributed by atoms with E-state index in [0.29, 0.717) is 25.2 Å². The van der Waals surface area contributed by atoms with Crippen LogP contribution in [0, 0.1) is 13.8 Å². The molecular weight excluding hydrogens is 462 g/mol. The van der Waals surface area contributed by atoms with Crippen molar-refractivity contribution in [3.63, 3.8) is 0 Å². The van der Waals surface area contributed by atoms with Crippen LogP contribution in [0.1, 0.15) is 56.2 Å². The van der Waals surface area contributed by atoms with Gasteiger partial charge < -0.3 is 10.2 Å². The molecule has 0 heterocycles. The highest BCUT2D eigenvalue weighted by Crippen LogP contribution is 2.20. The second-order valence-electron chi connectivity index (χ2n) is 9.10. The normalized spacial score (nSPS) is 12.1. The molecule has 0 aliphatic carbocycles. The Labute approximate surface area is 210 Å². The van der Waals surface area contributed by atoms with E-state index in [9.17, 15) is 18.0 Å². The second-order valence-corrected chi connectivity index (χ2v) is 11.0. The van der Waals surface area contributed by atoms with Gasteiger partial charge in [0.05, 0.1) is 11.9 Å². The summed E-state index contributed by atoms with van der Waals surface area (Å²) in [5.74, 6) is -0.364. The molecule has 0 aliphatic rings. The first kappa shape index (κ1) is 28.4. The lowest BCUT2D eigenvalue weighted by molar-refractivity contribution is -0.140. The standard InChI is InChI=1S/C27H39N3O4S/c1-6-7-18-28-27(32)23(4)29(20-24-14-10-21(2)11-15-24)26(31)9-8-19-30(35(5,33)34)25-16-12-22(3)13-17-25/h10-17,23H,6-9,18-20H2,1-5H3,(H,28,32)/t23-/m1/s1. The lowest BCUT2D eigenvalue weighted by Gasteiger charge is -2.29. The topological polar surface area (TPSA) is 86.8 Å². The number of hydrogen-bond acceptors (Lipinski definition) is 4. The van der Waals surface area contributed by atoms with E-state index in [1.165, 1.54) is 10.6 Å². The minimum atomic E-state index is -3.50. The fourth-order valence-electron chi connectivity index (χ4n) is 3.72. The van der Waals surface area contributed by atoms with Gasteiger partial charge in [-0.2, -0.15) is 0 Å². The van der Waals surface area contributed by atoms with Gasteiger partial charge in [0.2, 0.25) is 21.8 Å². The van der Waals surface area contributed by atoms with Crippen LogP contribution in [-0.2, 0) is 26.2 Å². The summed E-state index contributed by atoms with van der Waals surface area (Å²) in [6, 6.07) is 14.5. The molecule has 2 aromatic carbocycles. The van der Waals surface area contributed by atoms with Crippen molar-refractivity contribution in [1.82, 2.24) is 10.2 Å². The van der Waals surface area contributed by atoms with Crippen LogP contribution in [0.2, 0.25) is 0 Å². The number of rotatable bonds is 13. The van der Waals surface area contributed by atoms with Gasteiger partial charge in [0, 0.05) is 26.1 Å². The fourth-order valence-corrected chi connectivity index (χ4v) is 4.69. The molecule has 0 bridgehead atoms. The Morgan fingerprint density at radius 1 is 0.943 bits per heavy atom. The van der Waals surface area contributed by atoms with Crippen LogP contribution in [0.5, 0.6) is 0 Å². The third-order valence-corrected chi connectivity index (χ3v) is 7.14. The van der Waals surface area contributed by atoms with E-state index in [0.717, 1.165) is 29.5 Å². The largest absolute Gasteiger partial charge is 0.354 e. The van der Waals surface area contributed by atoms with Crippen LogP contribution in [0.4, 0.5) is 5.69 Å². The van der Waals surface area contributed by atoms with E-state index in [1.807, 2.05) is 50.2 Å². The molecular formula is C27H39N3O4S. The van der Waals surface area contributed by atoms with Crippen molar-refractivity contribution in [1.29, 1.82) is 0 Å². The summed E-state index contributed by atoms with van der Waals surface area (Å²) in [7, 11) is -3.50. The molecule has 0 aromatic heterocycles. The predicted octanol–water partition coefficient (Wildman–Crippen LogP) is 4.18. The molecule has 0 saturated carbocycles. The van der Waals surface area contributed by atoms with Gasteiger partial charge in [-0.3, -0.25) is 13.9 Å². The number of carbonyl (C=O) groups is 2. The average Bonchev–Trinajstić information content (AvgIpc) is 2.81. The van der Waals surface area contributed by atoms with Crippen LogP contribution in [0.15, 0.2) is 48.5 Å². The molecule has 0 spiro atoms. The number of carbonyl (C=O) groups excluding carboxylic acids is 2. The van der Waals surface area contributed by atoms with Gasteiger partial charge in [-0.05, 0) is 51.3 Å². The van der Waals surface area contributed by atoms with Gasteiger partial charge in [-0.1, -0.05) is 60.9 Å². The van der Waals surface area contributed by atoms with E-state index >= 15 is 0 Å². The highest BCUT2D eigenvalue weighted by Gasteiger charge is 2.26. The zero-order valence-corrected chi connectivity index (χ0v) is 22.4. The van der Waals surface area contributed by atoms with Gasteiger partial charge >= 0.3 is 0 Å². The summed E-state index contributed by atoms with van der Waals surface area (Å²) in [4.78, 5) is 27.6. The van der Waals surface area contributed by atoms with Gasteiger partial charge in [0.1, 0.15) is 6.04 Å². The Bertz CT molecular complexity index is 1070. The first-order chi connectivity index (χ1) is 16.5. The van der Waals surface area contributed by atoms with E-state index < -0.39 is 16.1 Å². The minimum absolute atomic E-state index is 0.135. The molecule has 0 radical (unpaired) electrons. The molecule has 7 nitrogen and oxygen atoms in total. The number of nitrogens with zero attached hydrogens (tertiary/aromatic N) is 2. The monoisotopic (exact) mass is 501 g/mol. The molecule has 8 heteroatoms. The van der Waals surface area contributed by atoms with Gasteiger partial charge in [0.15, 0.2) is 0 Å². The van der Waals surface area contributed by atoms with Crippen molar-refractivity contribution in [2.45, 2.75) is 66.0 Å². The Morgan fingerprint density at radius 2 is 1.51 bits per heavy atom. The minimum Gasteiger partial charge on any atom is -0.354 e. The van der Waals surface area contributed by atoms with Crippen LogP contribution < -0.4 is 9.62 Å². The highest BCUT2D eigenvalue weighted by molar-refractivity contribution is 7.92. The highest BCUT2D eigenvalue weighted by atomic mass is 32.2. The molecule has 2 rings (SSSR count). The second kappa shape index (κ2) is 13.3. The van der Waals surface area contributed by atoms with Crippen molar-refractivity contribution < 1.29 is 18.0 Å². The summed E-state index contributed by atoms with van der Waals surface area (Å²) in [5, 5.41) is 2.91. The lowest BCUT2D eigenvalue weighted by Crippen LogP contribution is -2.48. The Balaban J connectivity index is 2.12. The smallest absolute Gasteiger partial charge is 0.242 e. The van der Waals surface area contributed by atoms with Crippen molar-refractivity contribution in [2.75, 3.05) is 23.7 Å². The molecule has 0 aliphatic heterocycles. The van der Waals surface area contributed by atoms with Gasteiger partial charge in [-0.15, -0.1) is 0 Å². The van der Waals surface area contributed by atoms with Crippen LogP contribution >= 0.6 is 0 Å². The SMILES string of the molecule is CCCCNC(=O)[C@@H](C)N(Cc1ccc(C)cc1)C(=O)CCCN(c1ccc(C)cc1)S(C)(=O)=O. The third kappa shape index (κ3) is 9.02. The van der Waals surface area contributed by atoms with Gasteiger partial charge in [0.25, 0.3) is 0 Å². The maximum Gasteiger partial charge on any atom is 0.242 e. The zero-order valence-electron chi connectivity index (χ0n) is 21.6. The van der Waals surface area contributed by atoms with Crippen molar-refractivity contribution in [3.8, 4) is 0 Å². The summed E-state index contributed by atoms with van der Waals surface area (Å²) in [6.07, 6.45) is 3.49. The fraction of sp³-hybridized carbons (Fsp3) is 0.481. The molecule has 1 N–H and O–H groups in total. The molecule has 0 unspecified atom stereocenters. The number of hydrogen-bond donors (Lipinski definition) is 1. The number of unbranched alkanes of at least 4 members (excludes halogenated alkanes) is 1. The average molecular weight is 502 g/mol. The van der Waals surface area contributed by atoms with E-state index in [-0.39, 0.29) is 24.8 Å². The van der Waals surface area contributed by atoms with E-state index in [2.05, 4.69) is 12.2 Å². The van der Waals surface area contributed by atoms with Crippen molar-refractivity contribution >= 4 is 27.5 Å². The number of amides is 2. The first-order valence-corrected chi connectivity index (χ1v) is 14.0. The summed E-state index contributed by atoms with van der Waals surface area (Å²) < 4.78 is 26.1.